The fourth-order valence-corrected chi connectivity index (χ4v) is 2.39. The van der Waals surface area contributed by atoms with Crippen molar-refractivity contribution in [3.63, 3.8) is 0 Å². The van der Waals surface area contributed by atoms with Gasteiger partial charge in [-0.2, -0.15) is 0 Å². The van der Waals surface area contributed by atoms with Crippen LogP contribution in [0.25, 0.3) is 0 Å². The summed E-state index contributed by atoms with van der Waals surface area (Å²) in [6.07, 6.45) is 0.947. The van der Waals surface area contributed by atoms with Crippen molar-refractivity contribution in [3.05, 3.63) is 34.3 Å². The number of nitrogens with zero attached hydrogens (tertiary/aromatic N) is 1. The number of halogens is 2. The average molecular weight is 319 g/mol. The van der Waals surface area contributed by atoms with E-state index in [0.29, 0.717) is 17.1 Å². The van der Waals surface area contributed by atoms with Crippen LogP contribution >= 0.6 is 27.5 Å². The molecule has 17 heavy (non-hydrogen) atoms. The molecule has 0 atom stereocenters. The van der Waals surface area contributed by atoms with Gasteiger partial charge < -0.3 is 4.90 Å². The second-order valence-electron chi connectivity index (χ2n) is 3.96. The Morgan fingerprint density at radius 1 is 1.41 bits per heavy atom. The molecule has 1 aromatic carbocycles. The van der Waals surface area contributed by atoms with Gasteiger partial charge in [0.2, 0.25) is 0 Å². The first-order valence-corrected chi connectivity index (χ1v) is 7.21. The molecule has 0 N–H and O–H groups in total. The molecule has 0 bridgehead atoms. The molecule has 0 aliphatic carbocycles. The largest absolute Gasteiger partial charge is 0.338 e. The minimum absolute atomic E-state index is 0.0105. The third kappa shape index (κ3) is 4.00. The van der Waals surface area contributed by atoms with Gasteiger partial charge >= 0.3 is 0 Å². The summed E-state index contributed by atoms with van der Waals surface area (Å²) in [5.74, 6) is 0.0105. The smallest absolute Gasteiger partial charge is 0.255 e. The molecule has 1 rings (SSSR count). The first-order chi connectivity index (χ1) is 8.10. The van der Waals surface area contributed by atoms with Crippen molar-refractivity contribution in [1.29, 1.82) is 0 Å². The number of benzene rings is 1. The molecular formula is C13H17BrClNO. The molecule has 0 aromatic heterocycles. The van der Waals surface area contributed by atoms with Crippen molar-refractivity contribution in [1.82, 2.24) is 4.90 Å². The Bertz CT molecular complexity index is 389. The molecule has 0 fully saturated rings. The van der Waals surface area contributed by atoms with Crippen molar-refractivity contribution >= 4 is 33.4 Å². The van der Waals surface area contributed by atoms with Crippen molar-refractivity contribution in [2.45, 2.75) is 20.3 Å². The summed E-state index contributed by atoms with van der Waals surface area (Å²) >= 11 is 9.47. The molecule has 0 spiro atoms. The highest BCUT2D eigenvalue weighted by atomic mass is 79.9. The quantitative estimate of drug-likeness (QED) is 0.754. The van der Waals surface area contributed by atoms with E-state index in [2.05, 4.69) is 22.9 Å². The molecule has 94 valence electrons. The minimum atomic E-state index is 0.0105. The van der Waals surface area contributed by atoms with Gasteiger partial charge in [-0.1, -0.05) is 40.5 Å². The second kappa shape index (κ2) is 7.02. The second-order valence-corrected chi connectivity index (χ2v) is 5.16. The lowest BCUT2D eigenvalue weighted by Gasteiger charge is -2.21. The molecule has 2 nitrogen and oxygen atoms in total. The van der Waals surface area contributed by atoms with Crippen LogP contribution in [0, 0.1) is 6.92 Å². The standard InChI is InChI=1S/C13H17BrClNO/c1-3-7-16(8-6-14)13(17)11-5-4-10(2)9-12(11)15/h4-5,9H,3,6-8H2,1-2H3. The van der Waals surface area contributed by atoms with E-state index in [-0.39, 0.29) is 5.91 Å². The van der Waals surface area contributed by atoms with E-state index >= 15 is 0 Å². The summed E-state index contributed by atoms with van der Waals surface area (Å²) in [5.41, 5.74) is 1.65. The highest BCUT2D eigenvalue weighted by molar-refractivity contribution is 9.09. The number of carbonyl (C=O) groups is 1. The van der Waals surface area contributed by atoms with Crippen LogP contribution in [-0.2, 0) is 0 Å². The van der Waals surface area contributed by atoms with Crippen LogP contribution in [0.1, 0.15) is 29.3 Å². The third-order valence-electron chi connectivity index (χ3n) is 2.49. The van der Waals surface area contributed by atoms with Gasteiger partial charge in [0.15, 0.2) is 0 Å². The van der Waals surface area contributed by atoms with Crippen LogP contribution in [0.3, 0.4) is 0 Å². The predicted octanol–water partition coefficient (Wildman–Crippen LogP) is 3.90. The normalized spacial score (nSPS) is 10.4. The van der Waals surface area contributed by atoms with Gasteiger partial charge in [-0.25, -0.2) is 0 Å². The van der Waals surface area contributed by atoms with E-state index in [1.807, 2.05) is 24.0 Å². The Morgan fingerprint density at radius 2 is 2.12 bits per heavy atom. The molecule has 0 unspecified atom stereocenters. The average Bonchev–Trinajstić information content (AvgIpc) is 2.28. The topological polar surface area (TPSA) is 20.3 Å². The molecule has 0 saturated carbocycles. The van der Waals surface area contributed by atoms with E-state index in [1.165, 1.54) is 0 Å². The lowest BCUT2D eigenvalue weighted by molar-refractivity contribution is 0.0766. The Morgan fingerprint density at radius 3 is 2.65 bits per heavy atom. The maximum atomic E-state index is 12.3. The number of hydrogen-bond donors (Lipinski definition) is 0. The lowest BCUT2D eigenvalue weighted by Crippen LogP contribution is -2.33. The molecule has 0 heterocycles. The molecule has 0 aliphatic heterocycles. The molecular weight excluding hydrogens is 302 g/mol. The fraction of sp³-hybridized carbons (Fsp3) is 0.462. The Kier molecular flexibility index (Phi) is 6.00. The van der Waals surface area contributed by atoms with Crippen LogP contribution in [0.15, 0.2) is 18.2 Å². The zero-order valence-electron chi connectivity index (χ0n) is 10.2. The fourth-order valence-electron chi connectivity index (χ4n) is 1.65. The van der Waals surface area contributed by atoms with Gasteiger partial charge in [0.25, 0.3) is 5.91 Å². The van der Waals surface area contributed by atoms with Crippen LogP contribution in [0.4, 0.5) is 0 Å². The molecule has 4 heteroatoms. The van der Waals surface area contributed by atoms with E-state index < -0.39 is 0 Å². The van der Waals surface area contributed by atoms with Crippen LogP contribution in [0.2, 0.25) is 5.02 Å². The van der Waals surface area contributed by atoms with Gasteiger partial charge in [0, 0.05) is 18.4 Å². The first kappa shape index (κ1) is 14.5. The van der Waals surface area contributed by atoms with Crippen molar-refractivity contribution < 1.29 is 4.79 Å². The maximum Gasteiger partial charge on any atom is 0.255 e. The Labute approximate surface area is 116 Å². The predicted molar refractivity (Wildman–Crippen MR) is 76.2 cm³/mol. The van der Waals surface area contributed by atoms with Gasteiger partial charge in [0.1, 0.15) is 0 Å². The van der Waals surface area contributed by atoms with Gasteiger partial charge in [-0.05, 0) is 31.0 Å². The zero-order valence-corrected chi connectivity index (χ0v) is 12.5. The van der Waals surface area contributed by atoms with Gasteiger partial charge in [-0.15, -0.1) is 0 Å². The number of carbonyl (C=O) groups excluding carboxylic acids is 1. The molecule has 0 aliphatic rings. The molecule has 0 saturated heterocycles. The van der Waals surface area contributed by atoms with Crippen molar-refractivity contribution in [2.75, 3.05) is 18.4 Å². The highest BCUT2D eigenvalue weighted by Crippen LogP contribution is 2.19. The first-order valence-electron chi connectivity index (χ1n) is 5.71. The van der Waals surface area contributed by atoms with Crippen LogP contribution in [-0.4, -0.2) is 29.2 Å². The Hall–Kier alpha value is -0.540. The summed E-state index contributed by atoms with van der Waals surface area (Å²) in [6.45, 7) is 5.49. The van der Waals surface area contributed by atoms with Gasteiger partial charge in [-0.3, -0.25) is 4.79 Å². The zero-order chi connectivity index (χ0) is 12.8. The lowest BCUT2D eigenvalue weighted by atomic mass is 10.1. The number of aryl methyl sites for hydroxylation is 1. The summed E-state index contributed by atoms with van der Waals surface area (Å²) in [5, 5.41) is 1.31. The summed E-state index contributed by atoms with van der Waals surface area (Å²) < 4.78 is 0. The maximum absolute atomic E-state index is 12.3. The molecule has 1 aromatic rings. The summed E-state index contributed by atoms with van der Waals surface area (Å²) in [7, 11) is 0. The van der Waals surface area contributed by atoms with Crippen LogP contribution < -0.4 is 0 Å². The van der Waals surface area contributed by atoms with Gasteiger partial charge in [0.05, 0.1) is 10.6 Å². The van der Waals surface area contributed by atoms with Crippen molar-refractivity contribution in [3.8, 4) is 0 Å². The Balaban J connectivity index is 2.92. The summed E-state index contributed by atoms with van der Waals surface area (Å²) in [6, 6.07) is 5.54. The van der Waals surface area contributed by atoms with E-state index in [0.717, 1.165) is 23.9 Å². The van der Waals surface area contributed by atoms with E-state index in [4.69, 9.17) is 11.6 Å². The van der Waals surface area contributed by atoms with Crippen LogP contribution in [0.5, 0.6) is 0 Å². The summed E-state index contributed by atoms with van der Waals surface area (Å²) in [4.78, 5) is 14.1. The minimum Gasteiger partial charge on any atom is -0.338 e. The van der Waals surface area contributed by atoms with E-state index in [9.17, 15) is 4.79 Å². The number of rotatable bonds is 5. The number of alkyl halides is 1. The molecule has 1 amide bonds. The number of amides is 1. The third-order valence-corrected chi connectivity index (χ3v) is 3.16. The van der Waals surface area contributed by atoms with E-state index in [1.54, 1.807) is 6.07 Å². The highest BCUT2D eigenvalue weighted by Gasteiger charge is 2.17. The van der Waals surface area contributed by atoms with Crippen molar-refractivity contribution in [2.24, 2.45) is 0 Å². The number of hydrogen-bond acceptors (Lipinski definition) is 1. The monoisotopic (exact) mass is 317 g/mol. The molecule has 0 radical (unpaired) electrons. The SMILES string of the molecule is CCCN(CCBr)C(=O)c1ccc(C)cc1Cl.